The maximum atomic E-state index is 13.4. The summed E-state index contributed by atoms with van der Waals surface area (Å²) in [5, 5.41) is 7.19. The van der Waals surface area contributed by atoms with Crippen LogP contribution in [0, 0.1) is 5.82 Å². The first-order chi connectivity index (χ1) is 14.1. The van der Waals surface area contributed by atoms with E-state index >= 15 is 0 Å². The predicted octanol–water partition coefficient (Wildman–Crippen LogP) is 3.72. The lowest BCUT2D eigenvalue weighted by molar-refractivity contribution is 0.0531. The van der Waals surface area contributed by atoms with E-state index in [1.54, 1.807) is 12.3 Å². The highest BCUT2D eigenvalue weighted by Gasteiger charge is 2.34. The number of hydrogen-bond donors (Lipinski definition) is 2. The summed E-state index contributed by atoms with van der Waals surface area (Å²) in [6.45, 7) is 5.58. The first-order valence-corrected chi connectivity index (χ1v) is 10.5. The van der Waals surface area contributed by atoms with Crippen molar-refractivity contribution in [3.05, 3.63) is 64.7 Å². The number of halogens is 2. The van der Waals surface area contributed by atoms with Crippen LogP contribution in [0.1, 0.15) is 30.9 Å². The van der Waals surface area contributed by atoms with Gasteiger partial charge in [-0.1, -0.05) is 29.8 Å². The third-order valence-electron chi connectivity index (χ3n) is 5.29. The maximum Gasteiger partial charge on any atom is 0.191 e. The second kappa shape index (κ2) is 10.6. The minimum Gasteiger partial charge on any atom is -0.381 e. The van der Waals surface area contributed by atoms with Crippen LogP contribution in [-0.4, -0.2) is 43.8 Å². The molecule has 0 bridgehead atoms. The Morgan fingerprint density at radius 2 is 1.93 bits per heavy atom. The van der Waals surface area contributed by atoms with Crippen LogP contribution in [0.15, 0.2) is 47.6 Å². The normalized spacial score (nSPS) is 16.4. The van der Waals surface area contributed by atoms with Crippen LogP contribution in [0.2, 0.25) is 5.15 Å². The second-order valence-corrected chi connectivity index (χ2v) is 7.65. The third kappa shape index (κ3) is 6.15. The van der Waals surface area contributed by atoms with E-state index in [0.717, 1.165) is 49.4 Å². The van der Waals surface area contributed by atoms with Gasteiger partial charge in [-0.15, -0.1) is 0 Å². The molecule has 2 N–H and O–H groups in total. The van der Waals surface area contributed by atoms with Crippen molar-refractivity contribution in [2.45, 2.75) is 31.6 Å². The Kier molecular flexibility index (Phi) is 7.83. The van der Waals surface area contributed by atoms with Gasteiger partial charge in [-0.3, -0.25) is 4.99 Å². The molecule has 7 heteroatoms. The Bertz CT molecular complexity index is 789. The number of pyridine rings is 1. The van der Waals surface area contributed by atoms with Gasteiger partial charge in [0.25, 0.3) is 0 Å². The van der Waals surface area contributed by atoms with Crippen molar-refractivity contribution < 1.29 is 9.13 Å². The van der Waals surface area contributed by atoms with E-state index in [2.05, 4.69) is 15.6 Å². The van der Waals surface area contributed by atoms with E-state index in [-0.39, 0.29) is 11.2 Å². The second-order valence-electron chi connectivity index (χ2n) is 7.26. The molecular formula is C22H28ClFN4O. The summed E-state index contributed by atoms with van der Waals surface area (Å²) < 4.78 is 19.0. The van der Waals surface area contributed by atoms with Crippen LogP contribution in [-0.2, 0) is 16.6 Å². The minimum absolute atomic E-state index is 0.131. The van der Waals surface area contributed by atoms with E-state index in [4.69, 9.17) is 21.3 Å². The number of nitrogens with one attached hydrogen (secondary N) is 2. The molecule has 1 aliphatic rings. The first-order valence-electron chi connectivity index (χ1n) is 10.1. The molecule has 2 aromatic rings. The molecular weight excluding hydrogens is 391 g/mol. The fourth-order valence-corrected chi connectivity index (χ4v) is 3.67. The Balaban J connectivity index is 1.67. The van der Waals surface area contributed by atoms with Crippen LogP contribution in [0.3, 0.4) is 0 Å². The average molecular weight is 419 g/mol. The van der Waals surface area contributed by atoms with Crippen molar-refractivity contribution >= 4 is 17.6 Å². The zero-order chi connectivity index (χ0) is 20.5. The van der Waals surface area contributed by atoms with Crippen LogP contribution < -0.4 is 10.6 Å². The summed E-state index contributed by atoms with van der Waals surface area (Å²) in [6.07, 6.45) is 4.36. The topological polar surface area (TPSA) is 58.5 Å². The summed E-state index contributed by atoms with van der Waals surface area (Å²) >= 11 is 5.84. The van der Waals surface area contributed by atoms with Gasteiger partial charge in [-0.2, -0.15) is 0 Å². The Hall–Kier alpha value is -2.18. The molecule has 1 saturated heterocycles. The largest absolute Gasteiger partial charge is 0.381 e. The van der Waals surface area contributed by atoms with Gasteiger partial charge in [0.15, 0.2) is 5.96 Å². The number of guanidine groups is 1. The van der Waals surface area contributed by atoms with Gasteiger partial charge in [0.05, 0.1) is 6.54 Å². The third-order valence-corrected chi connectivity index (χ3v) is 5.51. The minimum atomic E-state index is -0.217. The molecule has 0 atom stereocenters. The molecule has 0 spiro atoms. The monoisotopic (exact) mass is 418 g/mol. The zero-order valence-corrected chi connectivity index (χ0v) is 17.5. The molecule has 1 aromatic carbocycles. The summed E-state index contributed by atoms with van der Waals surface area (Å²) in [5.74, 6) is 0.563. The molecule has 0 amide bonds. The number of nitrogens with zero attached hydrogens (tertiary/aromatic N) is 2. The molecule has 1 aromatic heterocycles. The number of aromatic nitrogens is 1. The van der Waals surface area contributed by atoms with Crippen LogP contribution in [0.25, 0.3) is 0 Å². The quantitative estimate of drug-likeness (QED) is 0.408. The molecule has 156 valence electrons. The molecule has 0 radical (unpaired) electrons. The van der Waals surface area contributed by atoms with Crippen LogP contribution in [0.5, 0.6) is 0 Å². The van der Waals surface area contributed by atoms with Crippen molar-refractivity contribution in [1.29, 1.82) is 0 Å². The smallest absolute Gasteiger partial charge is 0.191 e. The summed E-state index contributed by atoms with van der Waals surface area (Å²) in [4.78, 5) is 8.97. The molecule has 0 unspecified atom stereocenters. The summed E-state index contributed by atoms with van der Waals surface area (Å²) in [6, 6.07) is 10.6. The van der Waals surface area contributed by atoms with E-state index < -0.39 is 0 Å². The molecule has 2 heterocycles. The maximum absolute atomic E-state index is 13.4. The molecule has 5 nitrogen and oxygen atoms in total. The number of rotatable bonds is 7. The first kappa shape index (κ1) is 21.5. The van der Waals surface area contributed by atoms with E-state index in [9.17, 15) is 4.39 Å². The molecule has 0 saturated carbocycles. The lowest BCUT2D eigenvalue weighted by Gasteiger charge is -2.36. The Labute approximate surface area is 176 Å². The van der Waals surface area contributed by atoms with E-state index in [1.165, 1.54) is 12.1 Å². The fraction of sp³-hybridized carbons (Fsp3) is 0.455. The molecule has 3 rings (SSSR count). The van der Waals surface area contributed by atoms with E-state index in [1.807, 2.05) is 25.1 Å². The summed E-state index contributed by atoms with van der Waals surface area (Å²) in [7, 11) is 0. The van der Waals surface area contributed by atoms with Crippen LogP contribution >= 0.6 is 11.6 Å². The lowest BCUT2D eigenvalue weighted by atomic mass is 9.74. The van der Waals surface area contributed by atoms with Crippen molar-refractivity contribution in [2.24, 2.45) is 4.99 Å². The number of benzene rings is 1. The highest BCUT2D eigenvalue weighted by atomic mass is 35.5. The Morgan fingerprint density at radius 1 is 1.17 bits per heavy atom. The molecule has 29 heavy (non-hydrogen) atoms. The van der Waals surface area contributed by atoms with Crippen molar-refractivity contribution in [2.75, 3.05) is 32.8 Å². The van der Waals surface area contributed by atoms with Gasteiger partial charge in [0, 0.05) is 37.9 Å². The lowest BCUT2D eigenvalue weighted by Crippen LogP contribution is -2.41. The van der Waals surface area contributed by atoms with E-state index in [0.29, 0.717) is 24.9 Å². The fourth-order valence-electron chi connectivity index (χ4n) is 3.56. The SMILES string of the molecule is CCNC(=NCC1(c2ccc(F)cc2)CCOCC1)NCCc1ccc(Cl)nc1. The van der Waals surface area contributed by atoms with Gasteiger partial charge in [0.1, 0.15) is 11.0 Å². The van der Waals surface area contributed by atoms with Gasteiger partial charge in [-0.05, 0) is 55.5 Å². The number of ether oxygens (including phenoxy) is 1. The van der Waals surface area contributed by atoms with Gasteiger partial charge in [-0.25, -0.2) is 9.37 Å². The van der Waals surface area contributed by atoms with Gasteiger partial charge < -0.3 is 15.4 Å². The Morgan fingerprint density at radius 3 is 2.59 bits per heavy atom. The standard InChI is InChI=1S/C22H28ClFN4O/c1-2-25-21(26-12-9-17-3-8-20(23)27-15-17)28-16-22(10-13-29-14-11-22)18-4-6-19(24)7-5-18/h3-8,15H,2,9-14,16H2,1H3,(H2,25,26,28). The number of aliphatic imine (C=N–C) groups is 1. The van der Waals surface area contributed by atoms with Crippen LogP contribution in [0.4, 0.5) is 4.39 Å². The van der Waals surface area contributed by atoms with Crippen molar-refractivity contribution in [3.8, 4) is 0 Å². The van der Waals surface area contributed by atoms with Gasteiger partial charge in [0.2, 0.25) is 0 Å². The van der Waals surface area contributed by atoms with Gasteiger partial charge >= 0.3 is 0 Å². The highest BCUT2D eigenvalue weighted by Crippen LogP contribution is 2.35. The molecule has 1 fully saturated rings. The van der Waals surface area contributed by atoms with Crippen molar-refractivity contribution in [3.63, 3.8) is 0 Å². The zero-order valence-electron chi connectivity index (χ0n) is 16.8. The predicted molar refractivity (Wildman–Crippen MR) is 115 cm³/mol. The molecule has 1 aliphatic heterocycles. The average Bonchev–Trinajstić information content (AvgIpc) is 2.74. The number of hydrogen-bond acceptors (Lipinski definition) is 3. The highest BCUT2D eigenvalue weighted by molar-refractivity contribution is 6.29. The molecule has 0 aliphatic carbocycles. The summed E-state index contributed by atoms with van der Waals surface area (Å²) in [5.41, 5.74) is 2.10. The van der Waals surface area contributed by atoms with Crippen molar-refractivity contribution in [1.82, 2.24) is 15.6 Å².